The summed E-state index contributed by atoms with van der Waals surface area (Å²) < 4.78 is 0. The number of primary amides is 1. The van der Waals surface area contributed by atoms with Crippen molar-refractivity contribution in [3.63, 3.8) is 0 Å². The van der Waals surface area contributed by atoms with E-state index < -0.39 is 58.0 Å². The Hall–Kier alpha value is -3.41. The van der Waals surface area contributed by atoms with Crippen molar-refractivity contribution >= 4 is 23.2 Å². The average molecular weight is 555 g/mol. The Morgan fingerprint density at radius 3 is 2.27 bits per heavy atom. The van der Waals surface area contributed by atoms with Gasteiger partial charge in [0, 0.05) is 56.0 Å². The van der Waals surface area contributed by atoms with Gasteiger partial charge in [-0.05, 0) is 57.3 Å². The maximum absolute atomic E-state index is 14.2. The van der Waals surface area contributed by atoms with Crippen molar-refractivity contribution in [3.8, 4) is 5.75 Å². The molecule has 3 aliphatic carbocycles. The fraction of sp³-hybridized carbons (Fsp3) is 0.552. The number of aliphatic hydroxyl groups excluding tert-OH is 2. The molecule has 0 saturated heterocycles. The summed E-state index contributed by atoms with van der Waals surface area (Å²) in [5.41, 5.74) is 5.00. The number of nitrogens with two attached hydrogens (primary N) is 1. The van der Waals surface area contributed by atoms with Gasteiger partial charge in [0.1, 0.15) is 22.8 Å². The van der Waals surface area contributed by atoms with Crippen molar-refractivity contribution in [1.29, 1.82) is 0 Å². The van der Waals surface area contributed by atoms with E-state index >= 15 is 0 Å². The Bertz CT molecular complexity index is 1410. The number of aromatic hydroxyl groups is 1. The Kier molecular flexibility index (Phi) is 6.56. The molecule has 1 aliphatic heterocycles. The lowest BCUT2D eigenvalue weighted by molar-refractivity contribution is -0.148. The Morgan fingerprint density at radius 2 is 1.73 bits per heavy atom. The SMILES string of the molecule is CC[C@H](C)N1Cc2c(O)c3c(c(N(C)C)c2C1)C[C@H]1C[C@H]2[C@H](N(C)C)C(O)=C(C(N)=O)C(=O)[C@@]2(O)C(O)=C1C3=O. The van der Waals surface area contributed by atoms with Gasteiger partial charge in [0.05, 0.1) is 11.6 Å². The van der Waals surface area contributed by atoms with Crippen molar-refractivity contribution < 1.29 is 34.8 Å². The summed E-state index contributed by atoms with van der Waals surface area (Å²) >= 11 is 0. The molecular weight excluding hydrogens is 516 g/mol. The molecule has 0 unspecified atom stereocenters. The first-order valence-electron chi connectivity index (χ1n) is 13.6. The van der Waals surface area contributed by atoms with Crippen LogP contribution < -0.4 is 10.6 Å². The van der Waals surface area contributed by atoms with E-state index in [0.29, 0.717) is 24.2 Å². The number of allylic oxidation sites excluding steroid dienone is 1. The zero-order chi connectivity index (χ0) is 29.6. The summed E-state index contributed by atoms with van der Waals surface area (Å²) in [4.78, 5) is 45.5. The minimum absolute atomic E-state index is 0.0641. The first kappa shape index (κ1) is 28.1. The number of nitrogens with zero attached hydrogens (tertiary/aromatic N) is 3. The number of fused-ring (bicyclic) bond motifs is 4. The third-order valence-corrected chi connectivity index (χ3v) is 9.46. The van der Waals surface area contributed by atoms with Crippen LogP contribution in [0.1, 0.15) is 53.7 Å². The lowest BCUT2D eigenvalue weighted by Gasteiger charge is -2.50. The fourth-order valence-electron chi connectivity index (χ4n) is 7.39. The predicted molar refractivity (Wildman–Crippen MR) is 147 cm³/mol. The number of likely N-dealkylation sites (N-methyl/N-ethyl adjacent to an activating group) is 1. The molecule has 1 amide bonds. The van der Waals surface area contributed by atoms with Crippen LogP contribution in [0, 0.1) is 11.8 Å². The monoisotopic (exact) mass is 554 g/mol. The summed E-state index contributed by atoms with van der Waals surface area (Å²) in [5, 5.41) is 45.8. The van der Waals surface area contributed by atoms with Gasteiger partial charge in [-0.2, -0.15) is 0 Å². The molecule has 0 spiro atoms. The highest BCUT2D eigenvalue weighted by atomic mass is 16.3. The van der Waals surface area contributed by atoms with Crippen molar-refractivity contribution in [2.24, 2.45) is 17.6 Å². The summed E-state index contributed by atoms with van der Waals surface area (Å²) in [7, 11) is 7.01. The molecule has 216 valence electrons. The van der Waals surface area contributed by atoms with Crippen LogP contribution in [0.5, 0.6) is 5.75 Å². The highest BCUT2D eigenvalue weighted by Gasteiger charge is 2.63. The predicted octanol–water partition coefficient (Wildman–Crippen LogP) is 1.30. The van der Waals surface area contributed by atoms with Crippen LogP contribution in [0.2, 0.25) is 0 Å². The third-order valence-electron chi connectivity index (χ3n) is 9.46. The largest absolute Gasteiger partial charge is 0.510 e. The van der Waals surface area contributed by atoms with Crippen molar-refractivity contribution in [2.45, 2.75) is 63.9 Å². The van der Waals surface area contributed by atoms with Gasteiger partial charge in [0.2, 0.25) is 5.78 Å². The Balaban J connectivity index is 1.72. The van der Waals surface area contributed by atoms with Gasteiger partial charge in [0.25, 0.3) is 5.91 Å². The van der Waals surface area contributed by atoms with Gasteiger partial charge in [-0.25, -0.2) is 0 Å². The molecule has 0 bridgehead atoms. The second-order valence-electron chi connectivity index (χ2n) is 12.0. The topological polar surface area (TPSA) is 168 Å². The van der Waals surface area contributed by atoms with Crippen LogP contribution in [-0.4, -0.2) is 93.6 Å². The molecule has 11 nitrogen and oxygen atoms in total. The lowest BCUT2D eigenvalue weighted by atomic mass is 9.58. The molecule has 0 fully saturated rings. The number of ketones is 2. The molecule has 0 aromatic heterocycles. The molecule has 4 aliphatic rings. The molecule has 6 N–H and O–H groups in total. The zero-order valence-electron chi connectivity index (χ0n) is 23.8. The van der Waals surface area contributed by atoms with E-state index in [0.717, 1.165) is 17.7 Å². The summed E-state index contributed by atoms with van der Waals surface area (Å²) in [5.74, 6) is -6.36. The number of benzene rings is 1. The van der Waals surface area contributed by atoms with Crippen molar-refractivity contribution in [3.05, 3.63) is 44.9 Å². The van der Waals surface area contributed by atoms with Gasteiger partial charge < -0.3 is 31.1 Å². The molecule has 1 aromatic carbocycles. The minimum Gasteiger partial charge on any atom is -0.510 e. The van der Waals surface area contributed by atoms with Crippen LogP contribution in [0.4, 0.5) is 5.69 Å². The first-order valence-corrected chi connectivity index (χ1v) is 13.6. The summed E-state index contributed by atoms with van der Waals surface area (Å²) in [6, 6.07) is -0.758. The number of aliphatic hydroxyl groups is 3. The van der Waals surface area contributed by atoms with E-state index in [-0.39, 0.29) is 35.8 Å². The highest BCUT2D eigenvalue weighted by molar-refractivity contribution is 6.25. The van der Waals surface area contributed by atoms with Crippen LogP contribution in [0.25, 0.3) is 0 Å². The summed E-state index contributed by atoms with van der Waals surface area (Å²) in [6.45, 7) is 5.30. The number of hydrogen-bond donors (Lipinski definition) is 5. The maximum atomic E-state index is 14.2. The second-order valence-corrected chi connectivity index (χ2v) is 12.0. The van der Waals surface area contributed by atoms with E-state index in [2.05, 4.69) is 18.7 Å². The molecule has 1 aromatic rings. The minimum atomic E-state index is -2.64. The number of carbonyl (C=O) groups excluding carboxylic acids is 3. The number of Topliss-reactive ketones (excluding diaryl/α,β-unsaturated/α-hetero) is 2. The van der Waals surface area contributed by atoms with Gasteiger partial charge in [-0.3, -0.25) is 24.2 Å². The molecule has 5 atom stereocenters. The van der Waals surface area contributed by atoms with Crippen LogP contribution in [0.15, 0.2) is 22.7 Å². The van der Waals surface area contributed by atoms with Gasteiger partial charge >= 0.3 is 0 Å². The Labute approximate surface area is 233 Å². The van der Waals surface area contributed by atoms with Crippen LogP contribution in [0.3, 0.4) is 0 Å². The van der Waals surface area contributed by atoms with E-state index in [1.807, 2.05) is 19.0 Å². The summed E-state index contributed by atoms with van der Waals surface area (Å²) in [6.07, 6.45) is 1.25. The molecule has 0 radical (unpaired) electrons. The molecule has 5 rings (SSSR count). The van der Waals surface area contributed by atoms with E-state index in [4.69, 9.17) is 5.73 Å². The fourth-order valence-corrected chi connectivity index (χ4v) is 7.39. The number of phenolic OH excluding ortho intramolecular Hbond substituents is 1. The zero-order valence-corrected chi connectivity index (χ0v) is 23.8. The molecular formula is C29H38N4O7. The van der Waals surface area contributed by atoms with Gasteiger partial charge in [-0.1, -0.05) is 6.92 Å². The number of carbonyl (C=O) groups is 3. The second kappa shape index (κ2) is 9.32. The third kappa shape index (κ3) is 3.57. The molecule has 0 saturated carbocycles. The average Bonchev–Trinajstić information content (AvgIpc) is 3.30. The number of hydrogen-bond acceptors (Lipinski definition) is 10. The van der Waals surface area contributed by atoms with Crippen molar-refractivity contribution in [1.82, 2.24) is 9.80 Å². The number of anilines is 1. The van der Waals surface area contributed by atoms with Crippen molar-refractivity contribution in [2.75, 3.05) is 33.1 Å². The standard InChI is InChI=1S/C29H38N4O7/c1-7-12(2)33-10-15-16(11-33)23(34)19-14(21(15)31(3)4)8-13-9-17-22(32(5)6)25(36)20(28(30)39)27(38)29(17,40)26(37)18(13)24(19)35/h12-13,17,22,34,36-37,40H,7-11H2,1-6H3,(H2,30,39)/t12-,13-,17-,22-,29-/m0/s1. The molecule has 1 heterocycles. The van der Waals surface area contributed by atoms with Gasteiger partial charge in [0.15, 0.2) is 11.4 Å². The smallest absolute Gasteiger partial charge is 0.255 e. The normalized spacial score (nSPS) is 28.9. The maximum Gasteiger partial charge on any atom is 0.255 e. The highest BCUT2D eigenvalue weighted by Crippen LogP contribution is 2.54. The molecule has 40 heavy (non-hydrogen) atoms. The number of rotatable bonds is 5. The Morgan fingerprint density at radius 1 is 1.10 bits per heavy atom. The number of amides is 1. The van der Waals surface area contributed by atoms with Crippen LogP contribution in [-0.2, 0) is 29.1 Å². The first-order chi connectivity index (χ1) is 18.7. The quantitative estimate of drug-likeness (QED) is 0.335. The number of phenols is 1. The van der Waals surface area contributed by atoms with E-state index in [1.54, 1.807) is 19.0 Å². The van der Waals surface area contributed by atoms with Crippen LogP contribution >= 0.6 is 0 Å². The van der Waals surface area contributed by atoms with Gasteiger partial charge in [-0.15, -0.1) is 0 Å². The van der Waals surface area contributed by atoms with E-state index in [9.17, 15) is 34.8 Å². The molecule has 11 heteroatoms. The lowest BCUT2D eigenvalue weighted by Crippen LogP contribution is -2.63. The van der Waals surface area contributed by atoms with E-state index in [1.165, 1.54) is 0 Å².